The van der Waals surface area contributed by atoms with Crippen LogP contribution in [-0.2, 0) is 4.74 Å². The minimum atomic E-state index is 0.451. The second-order valence-corrected chi connectivity index (χ2v) is 4.66. The normalized spacial score (nSPS) is 16.2. The van der Waals surface area contributed by atoms with E-state index in [1.54, 1.807) is 6.20 Å². The Hall–Kier alpha value is -1.94. The highest BCUT2D eigenvalue weighted by atomic mass is 16.5. The summed E-state index contributed by atoms with van der Waals surface area (Å²) in [5.74, 6) is 1.65. The molecule has 98 valence electrons. The number of ether oxygens (including phenoxy) is 1. The monoisotopic (exact) mass is 255 g/mol. The predicted molar refractivity (Wildman–Crippen MR) is 74.9 cm³/mol. The molecule has 19 heavy (non-hydrogen) atoms. The Morgan fingerprint density at radius 2 is 1.84 bits per heavy atom. The summed E-state index contributed by atoms with van der Waals surface area (Å²) in [6.07, 6.45) is 3.87. The van der Waals surface area contributed by atoms with Crippen LogP contribution in [0.3, 0.4) is 0 Å². The zero-order chi connectivity index (χ0) is 12.9. The molecule has 0 amide bonds. The smallest absolute Gasteiger partial charge is 0.161 e. The third-order valence-corrected chi connectivity index (χ3v) is 3.26. The van der Waals surface area contributed by atoms with Crippen LogP contribution in [0.1, 0.15) is 12.8 Å². The molecule has 4 nitrogen and oxygen atoms in total. The van der Waals surface area contributed by atoms with E-state index >= 15 is 0 Å². The highest BCUT2D eigenvalue weighted by Crippen LogP contribution is 2.17. The van der Waals surface area contributed by atoms with E-state index in [9.17, 15) is 0 Å². The average Bonchev–Trinajstić information content (AvgIpc) is 2.49. The number of hydrogen-bond acceptors (Lipinski definition) is 4. The van der Waals surface area contributed by atoms with Gasteiger partial charge in [-0.25, -0.2) is 9.97 Å². The molecule has 1 aromatic carbocycles. The lowest BCUT2D eigenvalue weighted by Crippen LogP contribution is -2.28. The number of hydrogen-bond donors (Lipinski definition) is 1. The number of anilines is 1. The van der Waals surface area contributed by atoms with Gasteiger partial charge in [0, 0.05) is 31.0 Å². The molecule has 2 heterocycles. The van der Waals surface area contributed by atoms with Crippen molar-refractivity contribution in [2.45, 2.75) is 18.9 Å². The van der Waals surface area contributed by atoms with Gasteiger partial charge in [-0.1, -0.05) is 30.3 Å². The Morgan fingerprint density at radius 1 is 1.05 bits per heavy atom. The molecule has 0 saturated carbocycles. The molecule has 0 unspecified atom stereocenters. The molecule has 4 heteroatoms. The fourth-order valence-electron chi connectivity index (χ4n) is 2.22. The van der Waals surface area contributed by atoms with Gasteiger partial charge in [0.05, 0.1) is 0 Å². The van der Waals surface area contributed by atoms with Crippen molar-refractivity contribution in [3.05, 3.63) is 42.6 Å². The van der Waals surface area contributed by atoms with Crippen molar-refractivity contribution >= 4 is 5.82 Å². The number of benzene rings is 1. The molecule has 0 atom stereocenters. The van der Waals surface area contributed by atoms with Gasteiger partial charge in [-0.15, -0.1) is 0 Å². The Labute approximate surface area is 112 Å². The van der Waals surface area contributed by atoms with Crippen LogP contribution in [0.2, 0.25) is 0 Å². The largest absolute Gasteiger partial charge is 0.381 e. The van der Waals surface area contributed by atoms with Crippen LogP contribution >= 0.6 is 0 Å². The number of aromatic nitrogens is 2. The van der Waals surface area contributed by atoms with E-state index in [0.717, 1.165) is 43.3 Å². The van der Waals surface area contributed by atoms with E-state index in [1.807, 2.05) is 36.4 Å². The summed E-state index contributed by atoms with van der Waals surface area (Å²) >= 11 is 0. The van der Waals surface area contributed by atoms with E-state index in [4.69, 9.17) is 4.74 Å². The van der Waals surface area contributed by atoms with Crippen LogP contribution in [0.5, 0.6) is 0 Å². The molecule has 0 bridgehead atoms. The second-order valence-electron chi connectivity index (χ2n) is 4.66. The van der Waals surface area contributed by atoms with Gasteiger partial charge in [-0.2, -0.15) is 0 Å². The average molecular weight is 255 g/mol. The summed E-state index contributed by atoms with van der Waals surface area (Å²) in [5, 5.41) is 3.46. The molecule has 0 aliphatic carbocycles. The van der Waals surface area contributed by atoms with Gasteiger partial charge in [0.1, 0.15) is 5.82 Å². The molecule has 1 saturated heterocycles. The van der Waals surface area contributed by atoms with E-state index in [0.29, 0.717) is 6.04 Å². The molecular formula is C15H17N3O. The van der Waals surface area contributed by atoms with Gasteiger partial charge in [0.2, 0.25) is 0 Å². The third kappa shape index (κ3) is 3.09. The predicted octanol–water partition coefficient (Wildman–Crippen LogP) is 2.73. The molecule has 1 N–H and O–H groups in total. The van der Waals surface area contributed by atoms with Gasteiger partial charge in [0.25, 0.3) is 0 Å². The van der Waals surface area contributed by atoms with E-state index in [1.165, 1.54) is 0 Å². The Morgan fingerprint density at radius 3 is 2.63 bits per heavy atom. The van der Waals surface area contributed by atoms with Gasteiger partial charge in [0.15, 0.2) is 5.82 Å². The van der Waals surface area contributed by atoms with Crippen LogP contribution in [0.25, 0.3) is 11.4 Å². The molecule has 1 aliphatic heterocycles. The summed E-state index contributed by atoms with van der Waals surface area (Å²) < 4.78 is 5.36. The fourth-order valence-corrected chi connectivity index (χ4v) is 2.22. The van der Waals surface area contributed by atoms with Crippen molar-refractivity contribution in [3.63, 3.8) is 0 Å². The molecule has 2 aromatic rings. The van der Waals surface area contributed by atoms with Gasteiger partial charge >= 0.3 is 0 Å². The minimum Gasteiger partial charge on any atom is -0.381 e. The summed E-state index contributed by atoms with van der Waals surface area (Å²) in [4.78, 5) is 8.90. The fraction of sp³-hybridized carbons (Fsp3) is 0.333. The quantitative estimate of drug-likeness (QED) is 0.916. The lowest BCUT2D eigenvalue weighted by Gasteiger charge is -2.23. The highest BCUT2D eigenvalue weighted by Gasteiger charge is 2.14. The molecule has 0 spiro atoms. The molecule has 3 rings (SSSR count). The van der Waals surface area contributed by atoms with Crippen LogP contribution in [0, 0.1) is 0 Å². The van der Waals surface area contributed by atoms with Crippen LogP contribution in [-0.4, -0.2) is 29.2 Å². The summed E-state index contributed by atoms with van der Waals surface area (Å²) in [6.45, 7) is 1.66. The Bertz CT molecular complexity index is 524. The van der Waals surface area contributed by atoms with Crippen molar-refractivity contribution < 1.29 is 4.74 Å². The summed E-state index contributed by atoms with van der Waals surface area (Å²) in [7, 11) is 0. The maximum Gasteiger partial charge on any atom is 0.161 e. The number of nitrogens with one attached hydrogen (secondary N) is 1. The topological polar surface area (TPSA) is 47.0 Å². The van der Waals surface area contributed by atoms with E-state index in [-0.39, 0.29) is 0 Å². The lowest BCUT2D eigenvalue weighted by molar-refractivity contribution is 0.0904. The maximum absolute atomic E-state index is 5.36. The molecule has 1 fully saturated rings. The van der Waals surface area contributed by atoms with Crippen LogP contribution < -0.4 is 5.32 Å². The first kappa shape index (κ1) is 12.1. The van der Waals surface area contributed by atoms with Crippen molar-refractivity contribution in [3.8, 4) is 11.4 Å². The van der Waals surface area contributed by atoms with Crippen LogP contribution in [0.15, 0.2) is 42.6 Å². The Kier molecular flexibility index (Phi) is 3.70. The molecule has 0 radical (unpaired) electrons. The second kappa shape index (κ2) is 5.80. The van der Waals surface area contributed by atoms with E-state index < -0.39 is 0 Å². The first-order chi connectivity index (χ1) is 9.42. The molecule has 1 aromatic heterocycles. The standard InChI is InChI=1S/C15H17N3O/c1-2-4-12(5-3-1)15-16-9-6-14(18-15)17-13-7-10-19-11-8-13/h1-6,9,13H,7-8,10-11H2,(H,16,17,18). The van der Waals surface area contributed by atoms with E-state index in [2.05, 4.69) is 15.3 Å². The van der Waals surface area contributed by atoms with Crippen molar-refractivity contribution in [2.75, 3.05) is 18.5 Å². The van der Waals surface area contributed by atoms with Gasteiger partial charge in [-0.05, 0) is 18.9 Å². The first-order valence-electron chi connectivity index (χ1n) is 6.64. The third-order valence-electron chi connectivity index (χ3n) is 3.26. The van der Waals surface area contributed by atoms with Crippen molar-refractivity contribution in [1.29, 1.82) is 0 Å². The number of rotatable bonds is 3. The van der Waals surface area contributed by atoms with Crippen LogP contribution in [0.4, 0.5) is 5.82 Å². The summed E-state index contributed by atoms with van der Waals surface area (Å²) in [5.41, 5.74) is 1.04. The maximum atomic E-state index is 5.36. The summed E-state index contributed by atoms with van der Waals surface area (Å²) in [6, 6.07) is 12.4. The molecular weight excluding hydrogens is 238 g/mol. The lowest BCUT2D eigenvalue weighted by atomic mass is 10.1. The Balaban J connectivity index is 1.76. The van der Waals surface area contributed by atoms with Gasteiger partial charge < -0.3 is 10.1 Å². The zero-order valence-corrected chi connectivity index (χ0v) is 10.7. The first-order valence-corrected chi connectivity index (χ1v) is 6.64. The zero-order valence-electron chi connectivity index (χ0n) is 10.7. The molecule has 1 aliphatic rings. The number of nitrogens with zero attached hydrogens (tertiary/aromatic N) is 2. The van der Waals surface area contributed by atoms with Gasteiger partial charge in [-0.3, -0.25) is 0 Å². The van der Waals surface area contributed by atoms with Crippen molar-refractivity contribution in [2.24, 2.45) is 0 Å². The SMILES string of the molecule is c1ccc(-c2nccc(NC3CCOCC3)n2)cc1. The highest BCUT2D eigenvalue weighted by molar-refractivity contribution is 5.56. The van der Waals surface area contributed by atoms with Crippen molar-refractivity contribution in [1.82, 2.24) is 9.97 Å². The minimum absolute atomic E-state index is 0.451.